The van der Waals surface area contributed by atoms with E-state index in [-0.39, 0.29) is 10.8 Å². The van der Waals surface area contributed by atoms with Gasteiger partial charge >= 0.3 is 0 Å². The van der Waals surface area contributed by atoms with Crippen molar-refractivity contribution in [2.45, 2.75) is 33.1 Å². The lowest BCUT2D eigenvalue weighted by molar-refractivity contribution is -0.115. The van der Waals surface area contributed by atoms with Gasteiger partial charge in [0.2, 0.25) is 0 Å². The van der Waals surface area contributed by atoms with Crippen molar-refractivity contribution >= 4 is 6.29 Å². The van der Waals surface area contributed by atoms with Crippen LogP contribution in [0.2, 0.25) is 0 Å². The Morgan fingerprint density at radius 1 is 1.46 bits per heavy atom. The van der Waals surface area contributed by atoms with Crippen molar-refractivity contribution in [3.63, 3.8) is 0 Å². The average Bonchev–Trinajstić information content (AvgIpc) is 2.91. The van der Waals surface area contributed by atoms with Crippen LogP contribution in [0.15, 0.2) is 23.8 Å². The second-order valence-corrected chi connectivity index (χ2v) is 4.68. The van der Waals surface area contributed by atoms with Crippen molar-refractivity contribution < 1.29 is 4.79 Å². The summed E-state index contributed by atoms with van der Waals surface area (Å²) in [5, 5.41) is 0. The quantitative estimate of drug-likeness (QED) is 0.591. The van der Waals surface area contributed by atoms with E-state index in [9.17, 15) is 4.79 Å². The summed E-state index contributed by atoms with van der Waals surface area (Å²) in [6, 6.07) is 0. The Bertz CT molecular complexity index is 294. The zero-order valence-electron chi connectivity index (χ0n) is 8.34. The van der Waals surface area contributed by atoms with Crippen LogP contribution < -0.4 is 0 Å². The van der Waals surface area contributed by atoms with Crippen molar-refractivity contribution in [2.75, 3.05) is 0 Å². The number of carbonyl (C=O) groups excluding carboxylic acids is 1. The molecular formula is C12H16O. The summed E-state index contributed by atoms with van der Waals surface area (Å²) in [6.07, 6.45) is 11.0. The zero-order valence-corrected chi connectivity index (χ0v) is 8.34. The van der Waals surface area contributed by atoms with Crippen LogP contribution in [-0.4, -0.2) is 6.29 Å². The van der Waals surface area contributed by atoms with Gasteiger partial charge < -0.3 is 4.79 Å². The summed E-state index contributed by atoms with van der Waals surface area (Å²) in [4.78, 5) is 11.0. The topological polar surface area (TPSA) is 17.1 Å². The van der Waals surface area contributed by atoms with E-state index >= 15 is 0 Å². The van der Waals surface area contributed by atoms with Crippen LogP contribution in [0, 0.1) is 10.8 Å². The molecule has 0 radical (unpaired) electrons. The molecule has 1 saturated carbocycles. The summed E-state index contributed by atoms with van der Waals surface area (Å²) < 4.78 is 0. The molecule has 2 aliphatic carbocycles. The third-order valence-corrected chi connectivity index (χ3v) is 3.71. The molecular weight excluding hydrogens is 160 g/mol. The van der Waals surface area contributed by atoms with Crippen molar-refractivity contribution in [2.24, 2.45) is 10.8 Å². The lowest BCUT2D eigenvalue weighted by Gasteiger charge is -2.33. The Balaban J connectivity index is 2.24. The van der Waals surface area contributed by atoms with Crippen LogP contribution in [0.1, 0.15) is 33.1 Å². The zero-order chi connectivity index (χ0) is 9.53. The van der Waals surface area contributed by atoms with Gasteiger partial charge in [-0.3, -0.25) is 0 Å². The first-order valence-corrected chi connectivity index (χ1v) is 4.94. The molecule has 1 heteroatoms. The smallest absolute Gasteiger partial charge is 0.127 e. The number of aldehydes is 1. The molecule has 0 aromatic carbocycles. The first-order chi connectivity index (χ1) is 6.12. The molecule has 0 N–H and O–H groups in total. The highest BCUT2D eigenvalue weighted by Crippen LogP contribution is 2.60. The van der Waals surface area contributed by atoms with Crippen LogP contribution in [0.5, 0.6) is 0 Å². The molecule has 0 saturated heterocycles. The minimum atomic E-state index is -0.0271. The molecule has 1 fully saturated rings. The van der Waals surface area contributed by atoms with Gasteiger partial charge in [0.25, 0.3) is 0 Å². The fourth-order valence-corrected chi connectivity index (χ4v) is 2.15. The highest BCUT2D eigenvalue weighted by molar-refractivity contribution is 5.66. The molecule has 1 nitrogen and oxygen atoms in total. The van der Waals surface area contributed by atoms with Crippen LogP contribution in [-0.2, 0) is 4.79 Å². The summed E-state index contributed by atoms with van der Waals surface area (Å²) in [5.74, 6) is 0. The third-order valence-electron chi connectivity index (χ3n) is 3.71. The molecule has 2 aliphatic rings. The van der Waals surface area contributed by atoms with Gasteiger partial charge in [0.1, 0.15) is 6.29 Å². The number of carbonyl (C=O) groups is 1. The first kappa shape index (κ1) is 8.74. The number of hydrogen-bond acceptors (Lipinski definition) is 1. The number of rotatable bonds is 2. The minimum Gasteiger partial charge on any atom is -0.303 e. The van der Waals surface area contributed by atoms with Crippen LogP contribution in [0.25, 0.3) is 0 Å². The molecule has 1 unspecified atom stereocenters. The SMILES string of the molecule is CC1=CCC(C)(C2(C=O)CC2)C=C1. The highest BCUT2D eigenvalue weighted by atomic mass is 16.1. The fraction of sp³-hybridized carbons (Fsp3) is 0.583. The van der Waals surface area contributed by atoms with Crippen molar-refractivity contribution in [3.8, 4) is 0 Å². The molecule has 0 aromatic heterocycles. The van der Waals surface area contributed by atoms with Crippen LogP contribution in [0.3, 0.4) is 0 Å². The van der Waals surface area contributed by atoms with Crippen molar-refractivity contribution in [1.29, 1.82) is 0 Å². The predicted molar refractivity (Wildman–Crippen MR) is 53.4 cm³/mol. The second kappa shape index (κ2) is 2.57. The largest absolute Gasteiger partial charge is 0.303 e. The van der Waals surface area contributed by atoms with Gasteiger partial charge in [-0.05, 0) is 26.2 Å². The maximum atomic E-state index is 11.0. The summed E-state index contributed by atoms with van der Waals surface area (Å²) in [6.45, 7) is 4.31. The summed E-state index contributed by atoms with van der Waals surface area (Å²) in [5.41, 5.74) is 1.38. The molecule has 1 atom stereocenters. The van der Waals surface area contributed by atoms with Gasteiger partial charge in [0.15, 0.2) is 0 Å². The molecule has 0 amide bonds. The Morgan fingerprint density at radius 2 is 2.15 bits per heavy atom. The number of hydrogen-bond donors (Lipinski definition) is 0. The maximum absolute atomic E-state index is 11.0. The molecule has 70 valence electrons. The van der Waals surface area contributed by atoms with Crippen LogP contribution in [0.4, 0.5) is 0 Å². The molecule has 0 spiro atoms. The van der Waals surface area contributed by atoms with Gasteiger partial charge in [-0.25, -0.2) is 0 Å². The molecule has 13 heavy (non-hydrogen) atoms. The van der Waals surface area contributed by atoms with E-state index in [2.05, 4.69) is 32.1 Å². The van der Waals surface area contributed by atoms with E-state index in [1.165, 1.54) is 11.9 Å². The van der Waals surface area contributed by atoms with Crippen LogP contribution >= 0.6 is 0 Å². The highest BCUT2D eigenvalue weighted by Gasteiger charge is 2.55. The Hall–Kier alpha value is -0.850. The maximum Gasteiger partial charge on any atom is 0.127 e. The molecule has 0 aliphatic heterocycles. The number of allylic oxidation sites excluding steroid dienone is 4. The lowest BCUT2D eigenvalue weighted by atomic mass is 9.70. The lowest BCUT2D eigenvalue weighted by Crippen LogP contribution is -2.29. The molecule has 2 rings (SSSR count). The van der Waals surface area contributed by atoms with Gasteiger partial charge in [-0.1, -0.05) is 30.7 Å². The summed E-state index contributed by atoms with van der Waals surface area (Å²) in [7, 11) is 0. The van der Waals surface area contributed by atoms with Crippen molar-refractivity contribution in [1.82, 2.24) is 0 Å². The molecule has 0 heterocycles. The standard InChI is InChI=1S/C12H16O/c1-10-3-5-11(2,6-4-10)12(9-13)7-8-12/h3-5,9H,6-8H2,1-2H3. The van der Waals surface area contributed by atoms with E-state index in [4.69, 9.17) is 0 Å². The van der Waals surface area contributed by atoms with E-state index in [0.29, 0.717) is 0 Å². The van der Waals surface area contributed by atoms with Gasteiger partial charge in [0.05, 0.1) is 0 Å². The average molecular weight is 176 g/mol. The first-order valence-electron chi connectivity index (χ1n) is 4.94. The van der Waals surface area contributed by atoms with E-state index < -0.39 is 0 Å². The van der Waals surface area contributed by atoms with Gasteiger partial charge in [0, 0.05) is 10.8 Å². The fourth-order valence-electron chi connectivity index (χ4n) is 2.15. The van der Waals surface area contributed by atoms with Crippen molar-refractivity contribution in [3.05, 3.63) is 23.8 Å². The second-order valence-electron chi connectivity index (χ2n) is 4.68. The normalized spacial score (nSPS) is 35.4. The van der Waals surface area contributed by atoms with Gasteiger partial charge in [-0.15, -0.1) is 0 Å². The predicted octanol–water partition coefficient (Wildman–Crippen LogP) is 2.88. The summed E-state index contributed by atoms with van der Waals surface area (Å²) >= 11 is 0. The Kier molecular flexibility index (Phi) is 1.73. The Labute approximate surface area is 79.5 Å². The Morgan fingerprint density at radius 3 is 2.54 bits per heavy atom. The van der Waals surface area contributed by atoms with E-state index in [1.807, 2.05) is 0 Å². The third kappa shape index (κ3) is 1.18. The van der Waals surface area contributed by atoms with E-state index in [0.717, 1.165) is 19.3 Å². The van der Waals surface area contributed by atoms with E-state index in [1.54, 1.807) is 0 Å². The van der Waals surface area contributed by atoms with Gasteiger partial charge in [-0.2, -0.15) is 0 Å². The minimum absolute atomic E-state index is 0.0271. The monoisotopic (exact) mass is 176 g/mol. The molecule has 0 bridgehead atoms. The molecule has 0 aromatic rings.